The summed E-state index contributed by atoms with van der Waals surface area (Å²) in [6.07, 6.45) is 3.35. The molecule has 6 heteroatoms. The molecule has 3 N–H and O–H groups in total. The molecule has 0 bridgehead atoms. The van der Waals surface area contributed by atoms with Crippen LogP contribution in [0.2, 0.25) is 0 Å². The van der Waals surface area contributed by atoms with Crippen LogP contribution in [0.4, 0.5) is 0 Å². The number of nitrogens with zero attached hydrogens (tertiary/aromatic N) is 1. The molecular weight excluding hydrogens is 334 g/mol. The van der Waals surface area contributed by atoms with Crippen molar-refractivity contribution >= 4 is 11.7 Å². The normalized spacial score (nSPS) is 9.62. The van der Waals surface area contributed by atoms with Gasteiger partial charge in [-0.2, -0.15) is 4.57 Å². The van der Waals surface area contributed by atoms with Gasteiger partial charge in [0.1, 0.15) is 0 Å². The van der Waals surface area contributed by atoms with Gasteiger partial charge in [-0.1, -0.05) is 29.8 Å². The number of nitrogen functional groups attached to an aromatic ring is 1. The van der Waals surface area contributed by atoms with Gasteiger partial charge in [-0.3, -0.25) is 15.0 Å². The largest absolute Gasteiger partial charge is 1.00 e. The average molecular weight is 350 g/mol. The molecule has 0 unspecified atom stereocenters. The number of hydrogen-bond donors (Lipinski definition) is 2. The zero-order valence-corrected chi connectivity index (χ0v) is 13.1. The molecule has 2 aromatic rings. The molecule has 0 aliphatic rings. The molecule has 1 amide bonds. The van der Waals surface area contributed by atoms with Crippen LogP contribution in [0.15, 0.2) is 48.8 Å². The zero-order valence-electron chi connectivity index (χ0n) is 11.5. The van der Waals surface area contributed by atoms with Crippen molar-refractivity contribution in [2.24, 2.45) is 5.84 Å². The third kappa shape index (κ3) is 4.47. The SMILES string of the molecule is Cc1ccc(C(=O)C[n+]2ccc(C(=O)NN)cc2)cc1.[Br-]. The maximum absolute atomic E-state index is 12.1. The van der Waals surface area contributed by atoms with Gasteiger partial charge < -0.3 is 17.0 Å². The van der Waals surface area contributed by atoms with Crippen molar-refractivity contribution in [3.05, 3.63) is 65.5 Å². The molecule has 0 aliphatic heterocycles. The Kier molecular flexibility index (Phi) is 6.20. The summed E-state index contributed by atoms with van der Waals surface area (Å²) < 4.78 is 1.72. The van der Waals surface area contributed by atoms with Crippen LogP contribution in [-0.4, -0.2) is 11.7 Å². The van der Waals surface area contributed by atoms with E-state index < -0.39 is 0 Å². The first kappa shape index (κ1) is 17.0. The quantitative estimate of drug-likeness (QED) is 0.216. The van der Waals surface area contributed by atoms with E-state index in [-0.39, 0.29) is 35.2 Å². The lowest BCUT2D eigenvalue weighted by atomic mass is 10.1. The van der Waals surface area contributed by atoms with Gasteiger partial charge in [-0.05, 0) is 6.92 Å². The highest BCUT2D eigenvalue weighted by molar-refractivity contribution is 5.95. The van der Waals surface area contributed by atoms with Gasteiger partial charge in [-0.15, -0.1) is 0 Å². The minimum absolute atomic E-state index is 0. The van der Waals surface area contributed by atoms with Gasteiger partial charge in [0.15, 0.2) is 12.4 Å². The second-order valence-electron chi connectivity index (χ2n) is 4.52. The number of ketones is 1. The van der Waals surface area contributed by atoms with Crippen molar-refractivity contribution in [3.8, 4) is 0 Å². The lowest BCUT2D eigenvalue weighted by molar-refractivity contribution is -0.683. The van der Waals surface area contributed by atoms with E-state index >= 15 is 0 Å². The Morgan fingerprint density at radius 1 is 1.05 bits per heavy atom. The van der Waals surface area contributed by atoms with Crippen LogP contribution in [0.1, 0.15) is 26.3 Å². The molecule has 1 heterocycles. The van der Waals surface area contributed by atoms with Crippen LogP contribution < -0.4 is 32.8 Å². The minimum Gasteiger partial charge on any atom is -1.00 e. The van der Waals surface area contributed by atoms with Crippen molar-refractivity contribution in [2.75, 3.05) is 0 Å². The third-order valence-electron chi connectivity index (χ3n) is 2.98. The summed E-state index contributed by atoms with van der Waals surface area (Å²) in [5.41, 5.74) is 4.30. The average Bonchev–Trinajstić information content (AvgIpc) is 2.48. The molecule has 0 fully saturated rings. The fraction of sp³-hybridized carbons (Fsp3) is 0.133. The van der Waals surface area contributed by atoms with E-state index in [1.165, 1.54) is 0 Å². The van der Waals surface area contributed by atoms with Gasteiger partial charge in [0.05, 0.1) is 5.56 Å². The van der Waals surface area contributed by atoms with E-state index in [1.807, 2.05) is 31.2 Å². The standard InChI is InChI=1S/C15H15N3O2.BrH/c1-11-2-4-12(5-3-11)14(19)10-18-8-6-13(7-9-18)15(20)17-16;/h2-9,16,20H,10H2,1H3;1H. The van der Waals surface area contributed by atoms with Gasteiger partial charge in [-0.25, -0.2) is 5.84 Å². The third-order valence-corrected chi connectivity index (χ3v) is 2.98. The van der Waals surface area contributed by atoms with Crippen molar-refractivity contribution in [1.29, 1.82) is 0 Å². The molecule has 1 aromatic carbocycles. The number of amides is 1. The minimum atomic E-state index is -0.359. The lowest BCUT2D eigenvalue weighted by Gasteiger charge is -2.00. The van der Waals surface area contributed by atoms with Crippen LogP contribution in [0.25, 0.3) is 0 Å². The van der Waals surface area contributed by atoms with Crippen molar-refractivity contribution < 1.29 is 31.1 Å². The summed E-state index contributed by atoms with van der Waals surface area (Å²) >= 11 is 0. The zero-order chi connectivity index (χ0) is 14.5. The van der Waals surface area contributed by atoms with Crippen molar-refractivity contribution in [2.45, 2.75) is 13.5 Å². The summed E-state index contributed by atoms with van der Waals surface area (Å²) in [5.74, 6) is 4.71. The van der Waals surface area contributed by atoms with E-state index in [9.17, 15) is 9.59 Å². The van der Waals surface area contributed by atoms with Gasteiger partial charge in [0.25, 0.3) is 5.91 Å². The van der Waals surface area contributed by atoms with E-state index in [2.05, 4.69) is 5.43 Å². The predicted octanol–water partition coefficient (Wildman–Crippen LogP) is -2.23. The Morgan fingerprint density at radius 3 is 2.14 bits per heavy atom. The molecule has 0 saturated heterocycles. The monoisotopic (exact) mass is 349 g/mol. The number of pyridine rings is 1. The first-order valence-electron chi connectivity index (χ1n) is 6.20. The first-order valence-corrected chi connectivity index (χ1v) is 6.20. The number of hydrazine groups is 1. The summed E-state index contributed by atoms with van der Waals surface area (Å²) in [5, 5.41) is 0. The van der Waals surface area contributed by atoms with Crippen LogP contribution in [0, 0.1) is 6.92 Å². The van der Waals surface area contributed by atoms with Gasteiger partial charge in [0, 0.05) is 17.7 Å². The Balaban J connectivity index is 0.00000220. The highest BCUT2D eigenvalue weighted by Gasteiger charge is 2.13. The molecule has 110 valence electrons. The Hall–Kier alpha value is -2.05. The number of carbonyl (C=O) groups is 2. The molecule has 1 aromatic heterocycles. The summed E-state index contributed by atoms with van der Waals surface area (Å²) in [6.45, 7) is 2.21. The number of aryl methyl sites for hydroxylation is 1. The molecule has 0 aliphatic carbocycles. The molecule has 2 rings (SSSR count). The van der Waals surface area contributed by atoms with E-state index in [4.69, 9.17) is 5.84 Å². The van der Waals surface area contributed by atoms with Crippen LogP contribution in [0.5, 0.6) is 0 Å². The number of rotatable bonds is 4. The van der Waals surface area contributed by atoms with E-state index in [0.29, 0.717) is 11.1 Å². The maximum Gasteiger partial charge on any atom is 0.265 e. The van der Waals surface area contributed by atoms with Crippen LogP contribution in [-0.2, 0) is 6.54 Å². The number of aromatic nitrogens is 1. The number of nitrogens with one attached hydrogen (secondary N) is 1. The summed E-state index contributed by atoms with van der Waals surface area (Å²) in [4.78, 5) is 23.4. The number of nitrogens with two attached hydrogens (primary N) is 1. The lowest BCUT2D eigenvalue weighted by Crippen LogP contribution is -3.00. The summed E-state index contributed by atoms with van der Waals surface area (Å²) in [7, 11) is 0. The molecule has 0 atom stereocenters. The Bertz CT molecular complexity index is 624. The molecule has 5 nitrogen and oxygen atoms in total. The number of hydrogen-bond acceptors (Lipinski definition) is 3. The highest BCUT2D eigenvalue weighted by Crippen LogP contribution is 2.04. The second kappa shape index (κ2) is 7.66. The number of Topliss-reactive ketones (excluding diaryl/α,β-unsaturated/α-hetero) is 1. The van der Waals surface area contributed by atoms with Crippen LogP contribution in [0.3, 0.4) is 0 Å². The fourth-order valence-corrected chi connectivity index (χ4v) is 1.79. The van der Waals surface area contributed by atoms with E-state index in [0.717, 1.165) is 5.56 Å². The van der Waals surface area contributed by atoms with E-state index in [1.54, 1.807) is 29.1 Å². The number of halogens is 1. The molecule has 0 saturated carbocycles. The second-order valence-corrected chi connectivity index (χ2v) is 4.52. The maximum atomic E-state index is 12.1. The smallest absolute Gasteiger partial charge is 0.265 e. The topological polar surface area (TPSA) is 76.1 Å². The van der Waals surface area contributed by atoms with Crippen molar-refractivity contribution in [3.63, 3.8) is 0 Å². The summed E-state index contributed by atoms with van der Waals surface area (Å²) in [6, 6.07) is 10.7. The number of benzene rings is 1. The highest BCUT2D eigenvalue weighted by atomic mass is 79.9. The molecule has 21 heavy (non-hydrogen) atoms. The predicted molar refractivity (Wildman–Crippen MR) is 73.8 cm³/mol. The number of carbonyl (C=O) groups excluding carboxylic acids is 2. The van der Waals surface area contributed by atoms with Gasteiger partial charge in [0.2, 0.25) is 12.3 Å². The Labute approximate surface area is 133 Å². The van der Waals surface area contributed by atoms with Crippen molar-refractivity contribution in [1.82, 2.24) is 5.43 Å². The first-order chi connectivity index (χ1) is 9.60. The molecular formula is C15H16BrN3O2. The van der Waals surface area contributed by atoms with Crippen LogP contribution >= 0.6 is 0 Å². The molecule has 0 spiro atoms. The Morgan fingerprint density at radius 2 is 1.62 bits per heavy atom. The fourth-order valence-electron chi connectivity index (χ4n) is 1.79. The molecule has 0 radical (unpaired) electrons. The van der Waals surface area contributed by atoms with Gasteiger partial charge >= 0.3 is 0 Å².